The van der Waals surface area contributed by atoms with Gasteiger partial charge in [0.2, 0.25) is 0 Å². The van der Waals surface area contributed by atoms with Crippen molar-refractivity contribution in [3.63, 3.8) is 0 Å². The first-order valence-electron chi connectivity index (χ1n) is 8.68. The summed E-state index contributed by atoms with van der Waals surface area (Å²) in [6.45, 7) is 7.06. The quantitative estimate of drug-likeness (QED) is 0.572. The van der Waals surface area contributed by atoms with Crippen molar-refractivity contribution in [2.24, 2.45) is 0 Å². The first-order valence-corrected chi connectivity index (χ1v) is 8.68. The molecule has 1 aromatic rings. The van der Waals surface area contributed by atoms with Gasteiger partial charge in [-0.15, -0.1) is 0 Å². The zero-order valence-electron chi connectivity index (χ0n) is 16.4. The van der Waals surface area contributed by atoms with Gasteiger partial charge in [-0.1, -0.05) is 0 Å². The molecule has 0 saturated carbocycles. The molecular weight excluding hydrogens is 352 g/mol. The van der Waals surface area contributed by atoms with E-state index in [1.165, 1.54) is 13.2 Å². The number of benzene rings is 1. The summed E-state index contributed by atoms with van der Waals surface area (Å²) in [5.41, 5.74) is -0.332. The molecule has 0 fully saturated rings. The standard InChI is InChI=1S/C19H28N2O6/c1-12(2)20-16(22)11-27-14-7-6-13(10-15(14)26-5)18(25)21-19(3,4)9-8-17(23)24/h6-7,10,12H,8-9,11H2,1-5H3,(H,20,22)(H,21,25)(H,23,24). The zero-order valence-corrected chi connectivity index (χ0v) is 16.4. The van der Waals surface area contributed by atoms with Gasteiger partial charge in [-0.2, -0.15) is 0 Å². The average Bonchev–Trinajstić information content (AvgIpc) is 2.57. The van der Waals surface area contributed by atoms with Gasteiger partial charge >= 0.3 is 5.97 Å². The largest absolute Gasteiger partial charge is 0.493 e. The predicted octanol–water partition coefficient (Wildman–Crippen LogP) is 1.97. The Bertz CT molecular complexity index is 685. The van der Waals surface area contributed by atoms with Crippen molar-refractivity contribution in [3.8, 4) is 11.5 Å². The van der Waals surface area contributed by atoms with E-state index >= 15 is 0 Å². The van der Waals surface area contributed by atoms with Crippen LogP contribution in [0.3, 0.4) is 0 Å². The van der Waals surface area contributed by atoms with E-state index in [0.29, 0.717) is 23.5 Å². The molecule has 3 N–H and O–H groups in total. The summed E-state index contributed by atoms with van der Waals surface area (Å²) < 4.78 is 10.7. The summed E-state index contributed by atoms with van der Waals surface area (Å²) in [7, 11) is 1.44. The minimum absolute atomic E-state index is 0.0125. The molecular formula is C19H28N2O6. The van der Waals surface area contributed by atoms with E-state index in [-0.39, 0.29) is 30.9 Å². The van der Waals surface area contributed by atoms with Gasteiger partial charge in [0.15, 0.2) is 18.1 Å². The number of rotatable bonds is 10. The lowest BCUT2D eigenvalue weighted by Crippen LogP contribution is -2.43. The Balaban J connectivity index is 2.79. The number of hydrogen-bond donors (Lipinski definition) is 3. The fraction of sp³-hybridized carbons (Fsp3) is 0.526. The van der Waals surface area contributed by atoms with Gasteiger partial charge in [0.05, 0.1) is 7.11 Å². The molecule has 0 bridgehead atoms. The van der Waals surface area contributed by atoms with E-state index in [9.17, 15) is 14.4 Å². The molecule has 0 saturated heterocycles. The van der Waals surface area contributed by atoms with Crippen LogP contribution in [0.1, 0.15) is 50.9 Å². The SMILES string of the molecule is COc1cc(C(=O)NC(C)(C)CCC(=O)O)ccc1OCC(=O)NC(C)C. The number of hydrogen-bond acceptors (Lipinski definition) is 5. The Hall–Kier alpha value is -2.77. The van der Waals surface area contributed by atoms with Crippen molar-refractivity contribution in [3.05, 3.63) is 23.8 Å². The van der Waals surface area contributed by atoms with Crippen LogP contribution in [0.2, 0.25) is 0 Å². The van der Waals surface area contributed by atoms with E-state index in [0.717, 1.165) is 0 Å². The molecule has 1 aromatic carbocycles. The molecule has 0 atom stereocenters. The van der Waals surface area contributed by atoms with Gasteiger partial charge in [0.1, 0.15) is 0 Å². The molecule has 2 amide bonds. The third kappa shape index (κ3) is 7.98. The van der Waals surface area contributed by atoms with Gasteiger partial charge in [0.25, 0.3) is 11.8 Å². The topological polar surface area (TPSA) is 114 Å². The molecule has 0 aromatic heterocycles. The zero-order chi connectivity index (χ0) is 20.6. The lowest BCUT2D eigenvalue weighted by atomic mass is 9.97. The van der Waals surface area contributed by atoms with Crippen LogP contribution < -0.4 is 20.1 Å². The Morgan fingerprint density at radius 2 is 1.85 bits per heavy atom. The van der Waals surface area contributed by atoms with Crippen molar-refractivity contribution >= 4 is 17.8 Å². The highest BCUT2D eigenvalue weighted by molar-refractivity contribution is 5.95. The van der Waals surface area contributed by atoms with Crippen LogP contribution in [-0.2, 0) is 9.59 Å². The number of ether oxygens (including phenoxy) is 2. The van der Waals surface area contributed by atoms with Crippen molar-refractivity contribution in [1.29, 1.82) is 0 Å². The Kier molecular flexibility index (Phi) is 8.08. The fourth-order valence-corrected chi connectivity index (χ4v) is 2.30. The minimum Gasteiger partial charge on any atom is -0.493 e. The van der Waals surface area contributed by atoms with E-state index in [1.54, 1.807) is 26.0 Å². The molecule has 8 nitrogen and oxygen atoms in total. The molecule has 8 heteroatoms. The van der Waals surface area contributed by atoms with E-state index in [4.69, 9.17) is 14.6 Å². The van der Waals surface area contributed by atoms with Crippen molar-refractivity contribution in [1.82, 2.24) is 10.6 Å². The smallest absolute Gasteiger partial charge is 0.303 e. The number of methoxy groups -OCH3 is 1. The fourth-order valence-electron chi connectivity index (χ4n) is 2.30. The van der Waals surface area contributed by atoms with Crippen LogP contribution in [0, 0.1) is 0 Å². The molecule has 0 unspecified atom stereocenters. The molecule has 0 aliphatic heterocycles. The third-order valence-corrected chi connectivity index (χ3v) is 3.65. The number of carbonyl (C=O) groups is 3. The highest BCUT2D eigenvalue weighted by Crippen LogP contribution is 2.28. The van der Waals surface area contributed by atoms with Crippen molar-refractivity contribution < 1.29 is 29.0 Å². The van der Waals surface area contributed by atoms with Gasteiger partial charge in [-0.05, 0) is 52.3 Å². The number of amides is 2. The normalized spacial score (nSPS) is 11.0. The highest BCUT2D eigenvalue weighted by Gasteiger charge is 2.23. The Labute approximate surface area is 159 Å². The van der Waals surface area contributed by atoms with E-state index < -0.39 is 11.5 Å². The van der Waals surface area contributed by atoms with Crippen LogP contribution in [-0.4, -0.2) is 48.2 Å². The van der Waals surface area contributed by atoms with E-state index in [1.807, 2.05) is 13.8 Å². The molecule has 0 aliphatic carbocycles. The molecule has 1 rings (SSSR count). The molecule has 0 radical (unpaired) electrons. The molecule has 0 heterocycles. The maximum atomic E-state index is 12.5. The average molecular weight is 380 g/mol. The first kappa shape index (κ1) is 22.3. The molecule has 150 valence electrons. The summed E-state index contributed by atoms with van der Waals surface area (Å²) in [6, 6.07) is 4.64. The minimum atomic E-state index is -0.915. The van der Waals surface area contributed by atoms with Gasteiger partial charge in [-0.3, -0.25) is 14.4 Å². The lowest BCUT2D eigenvalue weighted by Gasteiger charge is -2.25. The molecule has 27 heavy (non-hydrogen) atoms. The van der Waals surface area contributed by atoms with Crippen LogP contribution in [0.25, 0.3) is 0 Å². The van der Waals surface area contributed by atoms with Crippen LogP contribution in [0.5, 0.6) is 11.5 Å². The monoisotopic (exact) mass is 380 g/mol. The second-order valence-electron chi connectivity index (χ2n) is 7.11. The van der Waals surface area contributed by atoms with E-state index in [2.05, 4.69) is 10.6 Å². The number of carboxylic acid groups (broad SMARTS) is 1. The van der Waals surface area contributed by atoms with Gasteiger partial charge in [-0.25, -0.2) is 0 Å². The van der Waals surface area contributed by atoms with Crippen LogP contribution in [0.15, 0.2) is 18.2 Å². The number of nitrogens with one attached hydrogen (secondary N) is 2. The summed E-state index contributed by atoms with van der Waals surface area (Å²) in [6.07, 6.45) is 0.263. The molecule has 0 spiro atoms. The number of aliphatic carboxylic acids is 1. The van der Waals surface area contributed by atoms with Crippen LogP contribution >= 0.6 is 0 Å². The summed E-state index contributed by atoms with van der Waals surface area (Å²) in [5.74, 6) is -0.856. The second-order valence-corrected chi connectivity index (χ2v) is 7.11. The van der Waals surface area contributed by atoms with Crippen LogP contribution in [0.4, 0.5) is 0 Å². The first-order chi connectivity index (χ1) is 12.5. The number of carbonyl (C=O) groups excluding carboxylic acids is 2. The lowest BCUT2D eigenvalue weighted by molar-refractivity contribution is -0.137. The highest BCUT2D eigenvalue weighted by atomic mass is 16.5. The van der Waals surface area contributed by atoms with Gasteiger partial charge < -0.3 is 25.2 Å². The van der Waals surface area contributed by atoms with Gasteiger partial charge in [0, 0.05) is 23.6 Å². The Morgan fingerprint density at radius 3 is 2.41 bits per heavy atom. The molecule has 0 aliphatic rings. The third-order valence-electron chi connectivity index (χ3n) is 3.65. The van der Waals surface area contributed by atoms with Crippen molar-refractivity contribution in [2.75, 3.05) is 13.7 Å². The Morgan fingerprint density at radius 1 is 1.19 bits per heavy atom. The summed E-state index contributed by atoms with van der Waals surface area (Å²) >= 11 is 0. The summed E-state index contributed by atoms with van der Waals surface area (Å²) in [5, 5.41) is 14.3. The second kappa shape index (κ2) is 9.80. The maximum absolute atomic E-state index is 12.5. The predicted molar refractivity (Wildman–Crippen MR) is 100 cm³/mol. The maximum Gasteiger partial charge on any atom is 0.303 e. The van der Waals surface area contributed by atoms with Crippen molar-refractivity contribution in [2.45, 2.75) is 52.1 Å². The summed E-state index contributed by atoms with van der Waals surface area (Å²) in [4.78, 5) is 34.9. The number of carboxylic acids is 1.